The zero-order chi connectivity index (χ0) is 15.3. The zero-order valence-corrected chi connectivity index (χ0v) is 14.1. The molecule has 1 fully saturated rings. The van der Waals surface area contributed by atoms with Gasteiger partial charge in [0, 0.05) is 11.6 Å². The average Bonchev–Trinajstić information content (AvgIpc) is 2.47. The Bertz CT molecular complexity index is 431. The van der Waals surface area contributed by atoms with Crippen molar-refractivity contribution in [3.8, 4) is 5.75 Å². The zero-order valence-electron chi connectivity index (χ0n) is 14.1. The Morgan fingerprint density at radius 2 is 1.90 bits per heavy atom. The van der Waals surface area contributed by atoms with Gasteiger partial charge in [0.05, 0.1) is 6.10 Å². The van der Waals surface area contributed by atoms with Crippen LogP contribution in [0.1, 0.15) is 71.4 Å². The Morgan fingerprint density at radius 1 is 1.24 bits per heavy atom. The van der Waals surface area contributed by atoms with Gasteiger partial charge in [-0.1, -0.05) is 39.0 Å². The highest BCUT2D eigenvalue weighted by Crippen LogP contribution is 2.37. The topological polar surface area (TPSA) is 21.3 Å². The van der Waals surface area contributed by atoms with Gasteiger partial charge in [-0.05, 0) is 57.1 Å². The third kappa shape index (κ3) is 4.74. The molecule has 0 bridgehead atoms. The molecule has 0 amide bonds. The van der Waals surface area contributed by atoms with Crippen molar-refractivity contribution in [3.05, 3.63) is 29.8 Å². The molecule has 2 rings (SSSR count). The lowest BCUT2D eigenvalue weighted by atomic mass is 9.76. The minimum Gasteiger partial charge on any atom is -0.490 e. The molecule has 1 atom stereocenters. The van der Waals surface area contributed by atoms with E-state index in [1.807, 2.05) is 0 Å². The largest absolute Gasteiger partial charge is 0.490 e. The van der Waals surface area contributed by atoms with Gasteiger partial charge in [0.15, 0.2) is 0 Å². The minimum atomic E-state index is 0.348. The van der Waals surface area contributed by atoms with Gasteiger partial charge in [-0.15, -0.1) is 0 Å². The summed E-state index contributed by atoms with van der Waals surface area (Å²) in [5.41, 5.74) is 1.78. The summed E-state index contributed by atoms with van der Waals surface area (Å²) in [4.78, 5) is 0. The molecule has 0 spiro atoms. The highest BCUT2D eigenvalue weighted by molar-refractivity contribution is 5.35. The predicted molar refractivity (Wildman–Crippen MR) is 89.8 cm³/mol. The van der Waals surface area contributed by atoms with E-state index in [-0.39, 0.29) is 0 Å². The summed E-state index contributed by atoms with van der Waals surface area (Å²) in [5, 5.41) is 3.56. The van der Waals surface area contributed by atoms with Crippen molar-refractivity contribution in [1.82, 2.24) is 5.32 Å². The first kappa shape index (κ1) is 16.4. The second-order valence-corrected chi connectivity index (χ2v) is 7.20. The number of hydrogen-bond donors (Lipinski definition) is 1. The van der Waals surface area contributed by atoms with Crippen LogP contribution in [0, 0.1) is 5.41 Å². The second-order valence-electron chi connectivity index (χ2n) is 7.20. The normalized spacial score (nSPS) is 20.2. The van der Waals surface area contributed by atoms with Crippen LogP contribution >= 0.6 is 0 Å². The molecule has 1 N–H and O–H groups in total. The van der Waals surface area contributed by atoms with Crippen LogP contribution in [0.4, 0.5) is 0 Å². The maximum Gasteiger partial charge on any atom is 0.124 e. The molecule has 0 aromatic heterocycles. The summed E-state index contributed by atoms with van der Waals surface area (Å²) in [5.74, 6) is 1.07. The number of rotatable bonds is 6. The number of hydrogen-bond acceptors (Lipinski definition) is 2. The average molecular weight is 289 g/mol. The third-order valence-corrected chi connectivity index (χ3v) is 4.67. The van der Waals surface area contributed by atoms with Crippen LogP contribution in [0.2, 0.25) is 0 Å². The number of para-hydroxylation sites is 1. The molecule has 0 aliphatic heterocycles. The number of benzene rings is 1. The smallest absolute Gasteiger partial charge is 0.124 e. The molecule has 2 heteroatoms. The Labute approximate surface area is 130 Å². The number of ether oxygens (including phenoxy) is 1. The molecule has 0 radical (unpaired) electrons. The van der Waals surface area contributed by atoms with E-state index in [1.165, 1.54) is 31.2 Å². The van der Waals surface area contributed by atoms with E-state index in [1.54, 1.807) is 0 Å². The second kappa shape index (κ2) is 7.31. The summed E-state index contributed by atoms with van der Waals surface area (Å²) in [6.45, 7) is 10.2. The Kier molecular flexibility index (Phi) is 5.69. The van der Waals surface area contributed by atoms with Gasteiger partial charge in [0.25, 0.3) is 0 Å². The molecular formula is C19H31NO. The van der Waals surface area contributed by atoms with Gasteiger partial charge in [-0.25, -0.2) is 0 Å². The van der Waals surface area contributed by atoms with Crippen molar-refractivity contribution in [2.45, 2.75) is 71.9 Å². The molecule has 0 heterocycles. The van der Waals surface area contributed by atoms with Crippen LogP contribution in [-0.2, 0) is 0 Å². The molecule has 118 valence electrons. The fourth-order valence-electron chi connectivity index (χ4n) is 3.09. The molecule has 1 unspecified atom stereocenters. The van der Waals surface area contributed by atoms with Crippen molar-refractivity contribution < 1.29 is 4.74 Å². The third-order valence-electron chi connectivity index (χ3n) is 4.67. The standard InChI is InChI=1S/C19H31NO/c1-5-14-20-15(2)17-8-6-7-9-18(17)21-16-10-12-19(3,4)13-11-16/h6-9,15-16,20H,5,10-14H2,1-4H3. The highest BCUT2D eigenvalue weighted by atomic mass is 16.5. The van der Waals surface area contributed by atoms with Crippen molar-refractivity contribution in [2.24, 2.45) is 5.41 Å². The first-order valence-corrected chi connectivity index (χ1v) is 8.51. The van der Waals surface area contributed by atoms with Crippen molar-refractivity contribution in [1.29, 1.82) is 0 Å². The Balaban J connectivity index is 2.00. The monoisotopic (exact) mass is 289 g/mol. The molecule has 2 nitrogen and oxygen atoms in total. The predicted octanol–water partition coefficient (Wildman–Crippen LogP) is 5.09. The van der Waals surface area contributed by atoms with Gasteiger partial charge >= 0.3 is 0 Å². The van der Waals surface area contributed by atoms with E-state index in [2.05, 4.69) is 57.3 Å². The molecule has 1 aliphatic carbocycles. The lowest BCUT2D eigenvalue weighted by Gasteiger charge is -2.35. The SMILES string of the molecule is CCCNC(C)c1ccccc1OC1CCC(C)(C)CC1. The van der Waals surface area contributed by atoms with Gasteiger partial charge in [0.1, 0.15) is 5.75 Å². The van der Waals surface area contributed by atoms with Crippen LogP contribution < -0.4 is 10.1 Å². The maximum atomic E-state index is 6.34. The van der Waals surface area contributed by atoms with E-state index in [4.69, 9.17) is 4.74 Å². The summed E-state index contributed by atoms with van der Waals surface area (Å²) in [6, 6.07) is 8.85. The quantitative estimate of drug-likeness (QED) is 0.787. The first-order valence-electron chi connectivity index (χ1n) is 8.51. The summed E-state index contributed by atoms with van der Waals surface area (Å²) in [7, 11) is 0. The first-order chi connectivity index (χ1) is 10.0. The van der Waals surface area contributed by atoms with Crippen LogP contribution in [0.25, 0.3) is 0 Å². The van der Waals surface area contributed by atoms with E-state index in [0.717, 1.165) is 18.7 Å². The fourth-order valence-corrected chi connectivity index (χ4v) is 3.09. The number of nitrogens with one attached hydrogen (secondary N) is 1. The summed E-state index contributed by atoms with van der Waals surface area (Å²) in [6.07, 6.45) is 6.44. The summed E-state index contributed by atoms with van der Waals surface area (Å²) >= 11 is 0. The van der Waals surface area contributed by atoms with E-state index < -0.39 is 0 Å². The molecule has 1 aliphatic rings. The highest BCUT2D eigenvalue weighted by Gasteiger charge is 2.28. The molecule has 1 saturated carbocycles. The fraction of sp³-hybridized carbons (Fsp3) is 0.684. The molecule has 1 aromatic carbocycles. The molecular weight excluding hydrogens is 258 g/mol. The minimum absolute atomic E-state index is 0.348. The van der Waals surface area contributed by atoms with Crippen LogP contribution in [0.5, 0.6) is 5.75 Å². The lowest BCUT2D eigenvalue weighted by molar-refractivity contribution is 0.0975. The van der Waals surface area contributed by atoms with Crippen LogP contribution in [0.15, 0.2) is 24.3 Å². The van der Waals surface area contributed by atoms with E-state index >= 15 is 0 Å². The van der Waals surface area contributed by atoms with Gasteiger partial charge in [0.2, 0.25) is 0 Å². The van der Waals surface area contributed by atoms with Crippen molar-refractivity contribution in [2.75, 3.05) is 6.54 Å². The molecule has 21 heavy (non-hydrogen) atoms. The van der Waals surface area contributed by atoms with E-state index in [0.29, 0.717) is 17.6 Å². The summed E-state index contributed by atoms with van der Waals surface area (Å²) < 4.78 is 6.34. The molecule has 0 saturated heterocycles. The van der Waals surface area contributed by atoms with E-state index in [9.17, 15) is 0 Å². The van der Waals surface area contributed by atoms with Gasteiger partial charge < -0.3 is 10.1 Å². The van der Waals surface area contributed by atoms with Crippen molar-refractivity contribution >= 4 is 0 Å². The van der Waals surface area contributed by atoms with Crippen molar-refractivity contribution in [3.63, 3.8) is 0 Å². The molecule has 1 aromatic rings. The van der Waals surface area contributed by atoms with Crippen LogP contribution in [0.3, 0.4) is 0 Å². The lowest BCUT2D eigenvalue weighted by Crippen LogP contribution is -2.29. The Morgan fingerprint density at radius 3 is 2.57 bits per heavy atom. The van der Waals surface area contributed by atoms with Gasteiger partial charge in [-0.3, -0.25) is 0 Å². The van der Waals surface area contributed by atoms with Crippen LogP contribution in [-0.4, -0.2) is 12.6 Å². The maximum absolute atomic E-state index is 6.34. The Hall–Kier alpha value is -1.02. The van der Waals surface area contributed by atoms with Gasteiger partial charge in [-0.2, -0.15) is 0 Å².